The fourth-order valence-electron chi connectivity index (χ4n) is 3.05. The number of aryl methyl sites for hydroxylation is 1. The Kier molecular flexibility index (Phi) is 5.59. The van der Waals surface area contributed by atoms with E-state index in [4.69, 9.17) is 4.52 Å². The maximum Gasteiger partial charge on any atom is 0.248 e. The highest BCUT2D eigenvalue weighted by Gasteiger charge is 2.36. The van der Waals surface area contributed by atoms with Gasteiger partial charge in [-0.3, -0.25) is 4.79 Å². The molecule has 1 atom stereocenters. The second kappa shape index (κ2) is 7.73. The van der Waals surface area contributed by atoms with E-state index in [0.29, 0.717) is 25.1 Å². The van der Waals surface area contributed by atoms with Crippen molar-refractivity contribution in [1.29, 1.82) is 0 Å². The summed E-state index contributed by atoms with van der Waals surface area (Å²) in [5.41, 5.74) is 0.317. The van der Waals surface area contributed by atoms with Gasteiger partial charge in [-0.15, -0.1) is 11.3 Å². The Bertz CT molecular complexity index is 901. The molecule has 1 saturated heterocycles. The first-order valence-electron chi connectivity index (χ1n) is 8.33. The molecule has 2 aromatic heterocycles. The minimum atomic E-state index is -3.80. The monoisotopic (exact) mass is 395 g/mol. The van der Waals surface area contributed by atoms with Gasteiger partial charge in [-0.25, -0.2) is 8.42 Å². The van der Waals surface area contributed by atoms with Gasteiger partial charge in [0.15, 0.2) is 10.7 Å². The predicted molar refractivity (Wildman–Crippen MR) is 100 cm³/mol. The number of amides is 1. The van der Waals surface area contributed by atoms with Gasteiger partial charge in [-0.05, 0) is 43.4 Å². The molecule has 1 aliphatic rings. The fourth-order valence-corrected chi connectivity index (χ4v) is 5.44. The summed E-state index contributed by atoms with van der Waals surface area (Å²) in [5.74, 6) is -0.267. The molecule has 1 fully saturated rings. The third-order valence-electron chi connectivity index (χ3n) is 4.37. The van der Waals surface area contributed by atoms with Crippen LogP contribution in [0.5, 0.6) is 0 Å². The molecule has 1 amide bonds. The Morgan fingerprint density at radius 3 is 2.96 bits per heavy atom. The number of carbonyl (C=O) groups excluding carboxylic acids is 1. The maximum absolute atomic E-state index is 13.2. The van der Waals surface area contributed by atoms with E-state index >= 15 is 0 Å². The summed E-state index contributed by atoms with van der Waals surface area (Å²) in [6.45, 7) is 2.16. The Hall–Kier alpha value is -1.97. The Morgan fingerprint density at radius 2 is 2.27 bits per heavy atom. The summed E-state index contributed by atoms with van der Waals surface area (Å²) in [5, 5.41) is 8.38. The number of rotatable bonds is 5. The zero-order chi connectivity index (χ0) is 18.7. The SMILES string of the molecule is CNC(=O)C1CCCN(S(=O)(=O)c2c(C)noc2C=Cc2cccs2)C1. The lowest BCUT2D eigenvalue weighted by molar-refractivity contribution is -0.125. The average molecular weight is 396 g/mol. The number of hydrogen-bond donors (Lipinski definition) is 1. The normalized spacial score (nSPS) is 19.1. The van der Waals surface area contributed by atoms with Crippen LogP contribution in [0, 0.1) is 12.8 Å². The van der Waals surface area contributed by atoms with Crippen molar-refractivity contribution in [3.8, 4) is 0 Å². The Morgan fingerprint density at radius 1 is 1.46 bits per heavy atom. The molecule has 7 nitrogen and oxygen atoms in total. The summed E-state index contributed by atoms with van der Waals surface area (Å²) in [6, 6.07) is 3.84. The number of nitrogens with zero attached hydrogens (tertiary/aromatic N) is 2. The highest BCUT2D eigenvalue weighted by atomic mass is 32.2. The lowest BCUT2D eigenvalue weighted by Crippen LogP contribution is -2.44. The summed E-state index contributed by atoms with van der Waals surface area (Å²) in [7, 11) is -2.23. The van der Waals surface area contributed by atoms with E-state index in [2.05, 4.69) is 10.5 Å². The van der Waals surface area contributed by atoms with Crippen molar-refractivity contribution in [2.75, 3.05) is 20.1 Å². The molecular weight excluding hydrogens is 374 g/mol. The van der Waals surface area contributed by atoms with Gasteiger partial charge in [0.1, 0.15) is 5.69 Å². The molecule has 3 rings (SSSR count). The van der Waals surface area contributed by atoms with Crippen LogP contribution in [0.15, 0.2) is 26.9 Å². The smallest absolute Gasteiger partial charge is 0.248 e. The third kappa shape index (κ3) is 3.74. The zero-order valence-corrected chi connectivity index (χ0v) is 16.3. The van der Waals surface area contributed by atoms with Crippen molar-refractivity contribution in [3.05, 3.63) is 33.8 Å². The molecule has 26 heavy (non-hydrogen) atoms. The highest BCUT2D eigenvalue weighted by Crippen LogP contribution is 2.29. The van der Waals surface area contributed by atoms with Gasteiger partial charge in [-0.2, -0.15) is 4.31 Å². The number of hydrogen-bond acceptors (Lipinski definition) is 6. The Labute approximate surface area is 156 Å². The standard InChI is InChI=1S/C17H21N3O4S2/c1-12-16(15(24-19-12)8-7-14-6-4-10-25-14)26(22,23)20-9-3-5-13(11-20)17(21)18-2/h4,6-8,10,13H,3,5,9,11H2,1-2H3,(H,18,21). The van der Waals surface area contributed by atoms with Gasteiger partial charge in [0.2, 0.25) is 15.9 Å². The first-order valence-corrected chi connectivity index (χ1v) is 10.6. The van der Waals surface area contributed by atoms with Gasteiger partial charge in [-0.1, -0.05) is 11.2 Å². The second-order valence-electron chi connectivity index (χ2n) is 6.13. The summed E-state index contributed by atoms with van der Waals surface area (Å²) in [6.07, 6.45) is 4.74. The number of thiophene rings is 1. The minimum absolute atomic E-state index is 0.0721. The van der Waals surface area contributed by atoms with Crippen LogP contribution in [0.4, 0.5) is 0 Å². The number of carbonyl (C=O) groups is 1. The van der Waals surface area contributed by atoms with Crippen LogP contribution in [0.1, 0.15) is 29.2 Å². The summed E-state index contributed by atoms with van der Waals surface area (Å²) < 4.78 is 33.0. The molecule has 3 heterocycles. The fraction of sp³-hybridized carbons (Fsp3) is 0.412. The van der Waals surface area contributed by atoms with Crippen LogP contribution in [0.3, 0.4) is 0 Å². The van der Waals surface area contributed by atoms with Crippen molar-refractivity contribution >= 4 is 39.4 Å². The second-order valence-corrected chi connectivity index (χ2v) is 8.98. The number of sulfonamides is 1. The van der Waals surface area contributed by atoms with E-state index in [-0.39, 0.29) is 29.0 Å². The molecule has 0 aromatic carbocycles. The van der Waals surface area contributed by atoms with Crippen LogP contribution >= 0.6 is 11.3 Å². The molecule has 0 aliphatic carbocycles. The quantitative estimate of drug-likeness (QED) is 0.839. The van der Waals surface area contributed by atoms with E-state index in [1.807, 2.05) is 17.5 Å². The molecule has 9 heteroatoms. The third-order valence-corrected chi connectivity index (χ3v) is 7.24. The molecule has 2 aromatic rings. The summed E-state index contributed by atoms with van der Waals surface area (Å²) >= 11 is 1.54. The molecule has 0 saturated carbocycles. The van der Waals surface area contributed by atoms with Crippen LogP contribution in [-0.2, 0) is 14.8 Å². The van der Waals surface area contributed by atoms with E-state index in [1.54, 1.807) is 37.5 Å². The average Bonchev–Trinajstić information content (AvgIpc) is 3.29. The molecule has 0 spiro atoms. The lowest BCUT2D eigenvalue weighted by Gasteiger charge is -2.30. The van der Waals surface area contributed by atoms with Crippen molar-refractivity contribution in [3.63, 3.8) is 0 Å². The van der Waals surface area contributed by atoms with Crippen LogP contribution in [0.25, 0.3) is 12.2 Å². The van der Waals surface area contributed by atoms with Crippen molar-refractivity contribution in [2.45, 2.75) is 24.7 Å². The lowest BCUT2D eigenvalue weighted by atomic mass is 9.99. The zero-order valence-electron chi connectivity index (χ0n) is 14.6. The highest BCUT2D eigenvalue weighted by molar-refractivity contribution is 7.89. The molecule has 1 N–H and O–H groups in total. The predicted octanol–water partition coefficient (Wildman–Crippen LogP) is 2.36. The molecule has 1 unspecified atom stereocenters. The molecule has 0 radical (unpaired) electrons. The van der Waals surface area contributed by atoms with Crippen LogP contribution < -0.4 is 5.32 Å². The molecular formula is C17H21N3O4S2. The van der Waals surface area contributed by atoms with E-state index in [9.17, 15) is 13.2 Å². The number of nitrogens with one attached hydrogen (secondary N) is 1. The van der Waals surface area contributed by atoms with Gasteiger partial charge < -0.3 is 9.84 Å². The van der Waals surface area contributed by atoms with Crippen LogP contribution in [0.2, 0.25) is 0 Å². The minimum Gasteiger partial charge on any atom is -0.359 e. The number of aromatic nitrogens is 1. The Balaban J connectivity index is 1.90. The van der Waals surface area contributed by atoms with Gasteiger partial charge in [0.05, 0.1) is 5.92 Å². The van der Waals surface area contributed by atoms with Gasteiger partial charge >= 0.3 is 0 Å². The summed E-state index contributed by atoms with van der Waals surface area (Å²) in [4.78, 5) is 13.0. The van der Waals surface area contributed by atoms with Crippen molar-refractivity contribution < 1.29 is 17.7 Å². The van der Waals surface area contributed by atoms with E-state index < -0.39 is 10.0 Å². The van der Waals surface area contributed by atoms with Crippen molar-refractivity contribution in [2.24, 2.45) is 5.92 Å². The van der Waals surface area contributed by atoms with Crippen molar-refractivity contribution in [1.82, 2.24) is 14.8 Å². The molecule has 140 valence electrons. The first kappa shape index (κ1) is 18.8. The van der Waals surface area contributed by atoms with Gasteiger partial charge in [0.25, 0.3) is 0 Å². The topological polar surface area (TPSA) is 92.5 Å². The largest absolute Gasteiger partial charge is 0.359 e. The maximum atomic E-state index is 13.2. The van der Waals surface area contributed by atoms with E-state index in [1.165, 1.54) is 4.31 Å². The molecule has 0 bridgehead atoms. The van der Waals surface area contributed by atoms with E-state index in [0.717, 1.165) is 4.88 Å². The van der Waals surface area contributed by atoms with Gasteiger partial charge in [0, 0.05) is 25.0 Å². The molecule has 1 aliphatic heterocycles. The van der Waals surface area contributed by atoms with Crippen LogP contribution in [-0.4, -0.2) is 43.9 Å². The first-order chi connectivity index (χ1) is 12.4. The number of piperidine rings is 1.